The standard InChI is InChI=1S/C21H22N4O/c26-21(24-18-11-5-2-6-12-18)25-19-13-14-20(23-16-19)22-15-7-10-17-8-3-1-4-9-17/h1-6,8-9,11-14,16H,7,10,15H2,(H,22,23)(H2,24,25,26). The van der Waals surface area contributed by atoms with Gasteiger partial charge in [0.2, 0.25) is 0 Å². The third-order valence-corrected chi connectivity index (χ3v) is 3.84. The van der Waals surface area contributed by atoms with E-state index in [2.05, 4.69) is 45.2 Å². The summed E-state index contributed by atoms with van der Waals surface area (Å²) < 4.78 is 0. The molecule has 2 amide bonds. The van der Waals surface area contributed by atoms with Crippen LogP contribution in [-0.2, 0) is 6.42 Å². The minimum atomic E-state index is -0.290. The fourth-order valence-corrected chi connectivity index (χ4v) is 2.54. The number of benzene rings is 2. The van der Waals surface area contributed by atoms with Gasteiger partial charge < -0.3 is 16.0 Å². The maximum atomic E-state index is 11.9. The van der Waals surface area contributed by atoms with Crippen LogP contribution in [0.4, 0.5) is 22.0 Å². The number of urea groups is 1. The van der Waals surface area contributed by atoms with Gasteiger partial charge in [0, 0.05) is 12.2 Å². The summed E-state index contributed by atoms with van der Waals surface area (Å²) in [4.78, 5) is 16.3. The van der Waals surface area contributed by atoms with Gasteiger partial charge in [0.1, 0.15) is 5.82 Å². The number of rotatable bonds is 7. The highest BCUT2D eigenvalue weighted by atomic mass is 16.2. The van der Waals surface area contributed by atoms with Crippen LogP contribution in [0.3, 0.4) is 0 Å². The van der Waals surface area contributed by atoms with Crippen molar-refractivity contribution in [2.45, 2.75) is 12.8 Å². The monoisotopic (exact) mass is 346 g/mol. The number of nitrogens with one attached hydrogen (secondary N) is 3. The summed E-state index contributed by atoms with van der Waals surface area (Å²) >= 11 is 0. The molecular weight excluding hydrogens is 324 g/mol. The maximum Gasteiger partial charge on any atom is 0.323 e. The van der Waals surface area contributed by atoms with E-state index in [-0.39, 0.29) is 6.03 Å². The van der Waals surface area contributed by atoms with Crippen molar-refractivity contribution in [3.63, 3.8) is 0 Å². The van der Waals surface area contributed by atoms with Gasteiger partial charge in [-0.2, -0.15) is 0 Å². The summed E-state index contributed by atoms with van der Waals surface area (Å²) in [6.07, 6.45) is 3.71. The number of carbonyl (C=O) groups is 1. The third kappa shape index (κ3) is 5.63. The SMILES string of the molecule is O=C(Nc1ccccc1)Nc1ccc(NCCCc2ccccc2)nc1. The lowest BCUT2D eigenvalue weighted by atomic mass is 10.1. The van der Waals surface area contributed by atoms with Crippen LogP contribution in [-0.4, -0.2) is 17.6 Å². The highest BCUT2D eigenvalue weighted by Crippen LogP contribution is 2.11. The molecule has 0 bridgehead atoms. The summed E-state index contributed by atoms with van der Waals surface area (Å²) in [6, 6.07) is 23.1. The molecule has 0 saturated carbocycles. The summed E-state index contributed by atoms with van der Waals surface area (Å²) in [6.45, 7) is 0.850. The molecule has 0 radical (unpaired) electrons. The molecule has 0 atom stereocenters. The second-order valence-electron chi connectivity index (χ2n) is 5.89. The number of aromatic nitrogens is 1. The third-order valence-electron chi connectivity index (χ3n) is 3.84. The van der Waals surface area contributed by atoms with Crippen molar-refractivity contribution in [1.82, 2.24) is 4.98 Å². The normalized spacial score (nSPS) is 10.2. The average molecular weight is 346 g/mol. The Labute approximate surface area is 153 Å². The molecule has 2 aromatic carbocycles. The van der Waals surface area contributed by atoms with Gasteiger partial charge in [-0.25, -0.2) is 9.78 Å². The first-order valence-corrected chi connectivity index (χ1v) is 8.66. The van der Waals surface area contributed by atoms with E-state index in [1.54, 1.807) is 6.20 Å². The Morgan fingerprint density at radius 2 is 1.50 bits per heavy atom. The zero-order valence-electron chi connectivity index (χ0n) is 14.5. The predicted octanol–water partition coefficient (Wildman–Crippen LogP) is 4.77. The Morgan fingerprint density at radius 3 is 2.19 bits per heavy atom. The number of aryl methyl sites for hydroxylation is 1. The van der Waals surface area contributed by atoms with Crippen LogP contribution in [0.15, 0.2) is 79.0 Å². The molecule has 3 aromatic rings. The van der Waals surface area contributed by atoms with E-state index < -0.39 is 0 Å². The zero-order chi connectivity index (χ0) is 18.0. The van der Waals surface area contributed by atoms with Crippen LogP contribution >= 0.6 is 0 Å². The summed E-state index contributed by atoms with van der Waals surface area (Å²) in [5.74, 6) is 0.798. The fraction of sp³-hybridized carbons (Fsp3) is 0.143. The number of pyridine rings is 1. The number of hydrogen-bond acceptors (Lipinski definition) is 3. The van der Waals surface area contributed by atoms with Gasteiger partial charge in [0.05, 0.1) is 11.9 Å². The molecule has 3 N–H and O–H groups in total. The van der Waals surface area contributed by atoms with Crippen molar-refractivity contribution in [3.05, 3.63) is 84.6 Å². The molecule has 1 heterocycles. The van der Waals surface area contributed by atoms with E-state index >= 15 is 0 Å². The fourth-order valence-electron chi connectivity index (χ4n) is 2.54. The Bertz CT molecular complexity index is 804. The van der Waals surface area contributed by atoms with Crippen molar-refractivity contribution >= 4 is 23.2 Å². The van der Waals surface area contributed by atoms with Gasteiger partial charge in [-0.15, -0.1) is 0 Å². The van der Waals surface area contributed by atoms with Crippen LogP contribution in [0.2, 0.25) is 0 Å². The topological polar surface area (TPSA) is 66.1 Å². The van der Waals surface area contributed by atoms with Crippen LogP contribution in [0.25, 0.3) is 0 Å². The largest absolute Gasteiger partial charge is 0.370 e. The first-order chi connectivity index (χ1) is 12.8. The number of anilines is 3. The number of para-hydroxylation sites is 1. The van der Waals surface area contributed by atoms with Crippen molar-refractivity contribution in [2.24, 2.45) is 0 Å². The van der Waals surface area contributed by atoms with Gasteiger partial charge in [-0.1, -0.05) is 48.5 Å². The number of carbonyl (C=O) groups excluding carboxylic acids is 1. The van der Waals surface area contributed by atoms with Crippen LogP contribution in [0.1, 0.15) is 12.0 Å². The van der Waals surface area contributed by atoms with E-state index in [9.17, 15) is 4.79 Å². The zero-order valence-corrected chi connectivity index (χ0v) is 14.5. The van der Waals surface area contributed by atoms with Gasteiger partial charge in [0.25, 0.3) is 0 Å². The molecule has 26 heavy (non-hydrogen) atoms. The van der Waals surface area contributed by atoms with Crippen molar-refractivity contribution in [1.29, 1.82) is 0 Å². The summed E-state index contributed by atoms with van der Waals surface area (Å²) in [5, 5.41) is 8.83. The second kappa shape index (κ2) is 9.22. The molecule has 0 saturated heterocycles. The average Bonchev–Trinajstić information content (AvgIpc) is 2.68. The summed E-state index contributed by atoms with van der Waals surface area (Å²) in [5.41, 5.74) is 2.73. The molecule has 5 heteroatoms. The first-order valence-electron chi connectivity index (χ1n) is 8.66. The lowest BCUT2D eigenvalue weighted by Crippen LogP contribution is -2.19. The van der Waals surface area contributed by atoms with E-state index in [1.165, 1.54) is 5.56 Å². The van der Waals surface area contributed by atoms with E-state index in [1.807, 2.05) is 48.5 Å². The number of nitrogens with zero attached hydrogens (tertiary/aromatic N) is 1. The molecule has 3 rings (SSSR count). The van der Waals surface area contributed by atoms with Crippen LogP contribution in [0.5, 0.6) is 0 Å². The predicted molar refractivity (Wildman–Crippen MR) is 107 cm³/mol. The van der Waals surface area contributed by atoms with E-state index in [0.29, 0.717) is 5.69 Å². The molecule has 0 aliphatic carbocycles. The number of amides is 2. The van der Waals surface area contributed by atoms with Crippen LogP contribution < -0.4 is 16.0 Å². The highest BCUT2D eigenvalue weighted by Gasteiger charge is 2.03. The Balaban J connectivity index is 1.41. The minimum Gasteiger partial charge on any atom is -0.370 e. The number of hydrogen-bond donors (Lipinski definition) is 3. The lowest BCUT2D eigenvalue weighted by molar-refractivity contribution is 0.262. The molecule has 5 nitrogen and oxygen atoms in total. The molecule has 0 spiro atoms. The first kappa shape index (κ1) is 17.5. The van der Waals surface area contributed by atoms with Crippen molar-refractivity contribution in [2.75, 3.05) is 22.5 Å². The molecule has 0 aliphatic heterocycles. The van der Waals surface area contributed by atoms with Crippen molar-refractivity contribution in [3.8, 4) is 0 Å². The molecule has 0 aliphatic rings. The highest BCUT2D eigenvalue weighted by molar-refractivity contribution is 5.99. The molecule has 0 fully saturated rings. The minimum absolute atomic E-state index is 0.290. The molecule has 132 valence electrons. The molecule has 0 unspecified atom stereocenters. The Kier molecular flexibility index (Phi) is 6.20. The molecular formula is C21H22N4O. The van der Waals surface area contributed by atoms with Gasteiger partial charge >= 0.3 is 6.03 Å². The Morgan fingerprint density at radius 1 is 0.808 bits per heavy atom. The molecule has 1 aromatic heterocycles. The van der Waals surface area contributed by atoms with Crippen LogP contribution in [0, 0.1) is 0 Å². The van der Waals surface area contributed by atoms with Crippen molar-refractivity contribution < 1.29 is 4.79 Å². The van der Waals surface area contributed by atoms with E-state index in [0.717, 1.165) is 30.9 Å². The maximum absolute atomic E-state index is 11.9. The van der Waals surface area contributed by atoms with E-state index in [4.69, 9.17) is 0 Å². The smallest absolute Gasteiger partial charge is 0.323 e. The quantitative estimate of drug-likeness (QED) is 0.540. The lowest BCUT2D eigenvalue weighted by Gasteiger charge is -2.09. The second-order valence-corrected chi connectivity index (χ2v) is 5.89. The van der Waals surface area contributed by atoms with Gasteiger partial charge in [-0.05, 0) is 42.7 Å². The van der Waals surface area contributed by atoms with Gasteiger partial charge in [-0.3, -0.25) is 0 Å². The Hall–Kier alpha value is -3.34. The summed E-state index contributed by atoms with van der Waals surface area (Å²) in [7, 11) is 0. The van der Waals surface area contributed by atoms with Gasteiger partial charge in [0.15, 0.2) is 0 Å².